The SMILES string of the molecule is CN1CCC(CN(C)C(=O)CCCCCCN)C1. The minimum atomic E-state index is 0.303. The van der Waals surface area contributed by atoms with E-state index in [0.717, 1.165) is 45.3 Å². The van der Waals surface area contributed by atoms with E-state index in [1.165, 1.54) is 13.0 Å². The highest BCUT2D eigenvalue weighted by atomic mass is 16.2. The number of rotatable bonds is 8. The lowest BCUT2D eigenvalue weighted by atomic mass is 10.1. The van der Waals surface area contributed by atoms with E-state index in [0.29, 0.717) is 18.2 Å². The summed E-state index contributed by atoms with van der Waals surface area (Å²) in [6, 6.07) is 0. The van der Waals surface area contributed by atoms with Gasteiger partial charge in [0.2, 0.25) is 5.91 Å². The largest absolute Gasteiger partial charge is 0.345 e. The first-order valence-electron chi connectivity index (χ1n) is 7.26. The second kappa shape index (κ2) is 8.48. The van der Waals surface area contributed by atoms with Crippen LogP contribution in [0.1, 0.15) is 38.5 Å². The van der Waals surface area contributed by atoms with Gasteiger partial charge in [-0.25, -0.2) is 0 Å². The fraction of sp³-hybridized carbons (Fsp3) is 0.929. The van der Waals surface area contributed by atoms with Crippen LogP contribution in [0.4, 0.5) is 0 Å². The van der Waals surface area contributed by atoms with E-state index in [-0.39, 0.29) is 0 Å². The van der Waals surface area contributed by atoms with Crippen molar-refractivity contribution in [2.75, 3.05) is 40.3 Å². The summed E-state index contributed by atoms with van der Waals surface area (Å²) < 4.78 is 0. The molecule has 1 atom stereocenters. The molecule has 0 aromatic heterocycles. The van der Waals surface area contributed by atoms with Crippen molar-refractivity contribution >= 4 is 5.91 Å². The molecule has 0 saturated carbocycles. The van der Waals surface area contributed by atoms with Gasteiger partial charge in [-0.05, 0) is 45.3 Å². The summed E-state index contributed by atoms with van der Waals surface area (Å²) in [6.45, 7) is 3.99. The molecule has 1 unspecified atom stereocenters. The fourth-order valence-electron chi connectivity index (χ4n) is 2.63. The van der Waals surface area contributed by atoms with Gasteiger partial charge in [0.15, 0.2) is 0 Å². The van der Waals surface area contributed by atoms with Gasteiger partial charge in [0.1, 0.15) is 0 Å². The Hall–Kier alpha value is -0.610. The number of amides is 1. The third-order valence-corrected chi connectivity index (χ3v) is 3.79. The van der Waals surface area contributed by atoms with Crippen LogP contribution in [-0.4, -0.2) is 56.0 Å². The number of carbonyl (C=O) groups excluding carboxylic acids is 1. The van der Waals surface area contributed by atoms with E-state index in [1.807, 2.05) is 11.9 Å². The summed E-state index contributed by atoms with van der Waals surface area (Å²) in [4.78, 5) is 16.2. The maximum Gasteiger partial charge on any atom is 0.222 e. The molecule has 1 saturated heterocycles. The summed E-state index contributed by atoms with van der Waals surface area (Å²) in [5, 5.41) is 0. The van der Waals surface area contributed by atoms with Crippen LogP contribution in [-0.2, 0) is 4.79 Å². The van der Waals surface area contributed by atoms with Crippen molar-refractivity contribution in [2.24, 2.45) is 11.7 Å². The van der Waals surface area contributed by atoms with E-state index in [1.54, 1.807) is 0 Å². The molecule has 1 aliphatic heterocycles. The topological polar surface area (TPSA) is 49.6 Å². The van der Waals surface area contributed by atoms with Gasteiger partial charge in [-0.3, -0.25) is 4.79 Å². The van der Waals surface area contributed by atoms with Gasteiger partial charge in [0.25, 0.3) is 0 Å². The monoisotopic (exact) mass is 255 g/mol. The summed E-state index contributed by atoms with van der Waals surface area (Å²) in [7, 11) is 4.10. The van der Waals surface area contributed by atoms with Gasteiger partial charge in [-0.15, -0.1) is 0 Å². The van der Waals surface area contributed by atoms with Crippen molar-refractivity contribution in [3.8, 4) is 0 Å². The quantitative estimate of drug-likeness (QED) is 0.665. The summed E-state index contributed by atoms with van der Waals surface area (Å²) in [5.41, 5.74) is 5.44. The molecule has 4 nitrogen and oxygen atoms in total. The smallest absolute Gasteiger partial charge is 0.222 e. The fourth-order valence-corrected chi connectivity index (χ4v) is 2.63. The van der Waals surface area contributed by atoms with Gasteiger partial charge in [0, 0.05) is 26.6 Å². The molecule has 1 fully saturated rings. The molecule has 0 spiro atoms. The molecule has 1 aliphatic rings. The second-order valence-corrected chi connectivity index (χ2v) is 5.64. The van der Waals surface area contributed by atoms with Crippen LogP contribution in [0, 0.1) is 5.92 Å². The Morgan fingerprint density at radius 2 is 2.06 bits per heavy atom. The van der Waals surface area contributed by atoms with Crippen molar-refractivity contribution in [3.05, 3.63) is 0 Å². The van der Waals surface area contributed by atoms with Crippen LogP contribution >= 0.6 is 0 Å². The Morgan fingerprint density at radius 3 is 2.67 bits per heavy atom. The van der Waals surface area contributed by atoms with Crippen LogP contribution < -0.4 is 5.73 Å². The molecule has 18 heavy (non-hydrogen) atoms. The maximum absolute atomic E-state index is 11.9. The molecular weight excluding hydrogens is 226 g/mol. The molecule has 0 aromatic rings. The van der Waals surface area contributed by atoms with Gasteiger partial charge in [-0.2, -0.15) is 0 Å². The Balaban J connectivity index is 2.09. The lowest BCUT2D eigenvalue weighted by molar-refractivity contribution is -0.130. The summed E-state index contributed by atoms with van der Waals surface area (Å²) in [5.74, 6) is 0.971. The minimum Gasteiger partial charge on any atom is -0.345 e. The highest BCUT2D eigenvalue weighted by Crippen LogP contribution is 2.15. The Morgan fingerprint density at radius 1 is 1.33 bits per heavy atom. The molecule has 2 N–H and O–H groups in total. The number of likely N-dealkylation sites (tertiary alicyclic amines) is 1. The van der Waals surface area contributed by atoms with Gasteiger partial charge in [-0.1, -0.05) is 12.8 Å². The van der Waals surface area contributed by atoms with Gasteiger partial charge < -0.3 is 15.5 Å². The van der Waals surface area contributed by atoms with E-state index < -0.39 is 0 Å². The third-order valence-electron chi connectivity index (χ3n) is 3.79. The summed E-state index contributed by atoms with van der Waals surface area (Å²) in [6.07, 6.45) is 6.30. The molecule has 1 heterocycles. The normalized spacial score (nSPS) is 20.3. The number of unbranched alkanes of at least 4 members (excludes halogenated alkanes) is 3. The molecule has 0 aromatic carbocycles. The second-order valence-electron chi connectivity index (χ2n) is 5.64. The van der Waals surface area contributed by atoms with Crippen LogP contribution in [0.3, 0.4) is 0 Å². The van der Waals surface area contributed by atoms with Crippen LogP contribution in [0.2, 0.25) is 0 Å². The zero-order valence-electron chi connectivity index (χ0n) is 12.0. The average molecular weight is 255 g/mol. The van der Waals surface area contributed by atoms with Crippen molar-refractivity contribution < 1.29 is 4.79 Å². The molecule has 0 radical (unpaired) electrons. The van der Waals surface area contributed by atoms with Crippen LogP contribution in [0.5, 0.6) is 0 Å². The van der Waals surface area contributed by atoms with Gasteiger partial charge >= 0.3 is 0 Å². The van der Waals surface area contributed by atoms with E-state index in [4.69, 9.17) is 5.73 Å². The third kappa shape index (κ3) is 5.83. The predicted octanol–water partition coefficient (Wildman–Crippen LogP) is 1.31. The number of nitrogens with two attached hydrogens (primary N) is 1. The number of hydrogen-bond donors (Lipinski definition) is 1. The predicted molar refractivity (Wildman–Crippen MR) is 75.4 cm³/mol. The first-order valence-corrected chi connectivity index (χ1v) is 7.26. The molecule has 4 heteroatoms. The molecule has 106 valence electrons. The van der Waals surface area contributed by atoms with Crippen molar-refractivity contribution in [1.82, 2.24) is 9.80 Å². The zero-order valence-corrected chi connectivity index (χ0v) is 12.0. The molecular formula is C14H29N3O. The molecule has 0 bridgehead atoms. The maximum atomic E-state index is 11.9. The number of carbonyl (C=O) groups is 1. The van der Waals surface area contributed by atoms with Crippen LogP contribution in [0.15, 0.2) is 0 Å². The molecule has 0 aliphatic carbocycles. The summed E-state index contributed by atoms with van der Waals surface area (Å²) >= 11 is 0. The molecule has 1 amide bonds. The first kappa shape index (κ1) is 15.4. The van der Waals surface area contributed by atoms with E-state index in [9.17, 15) is 4.79 Å². The number of hydrogen-bond acceptors (Lipinski definition) is 3. The van der Waals surface area contributed by atoms with Gasteiger partial charge in [0.05, 0.1) is 0 Å². The highest BCUT2D eigenvalue weighted by molar-refractivity contribution is 5.75. The zero-order chi connectivity index (χ0) is 13.4. The van der Waals surface area contributed by atoms with Crippen molar-refractivity contribution in [2.45, 2.75) is 38.5 Å². The Kier molecular flexibility index (Phi) is 7.28. The Labute approximate surface area is 111 Å². The molecule has 1 rings (SSSR count). The Bertz CT molecular complexity index is 245. The van der Waals surface area contributed by atoms with Crippen molar-refractivity contribution in [1.29, 1.82) is 0 Å². The standard InChI is InChI=1S/C14H29N3O/c1-16-10-8-13(11-16)12-17(2)14(18)7-5-3-4-6-9-15/h13H,3-12,15H2,1-2H3. The van der Waals surface area contributed by atoms with Crippen molar-refractivity contribution in [3.63, 3.8) is 0 Å². The van der Waals surface area contributed by atoms with E-state index in [2.05, 4.69) is 11.9 Å². The lowest BCUT2D eigenvalue weighted by Crippen LogP contribution is -2.32. The lowest BCUT2D eigenvalue weighted by Gasteiger charge is -2.21. The number of nitrogens with zero attached hydrogens (tertiary/aromatic N) is 2. The van der Waals surface area contributed by atoms with E-state index >= 15 is 0 Å². The highest BCUT2D eigenvalue weighted by Gasteiger charge is 2.22. The first-order chi connectivity index (χ1) is 8.63. The minimum absolute atomic E-state index is 0.303. The average Bonchev–Trinajstić information content (AvgIpc) is 2.74. The van der Waals surface area contributed by atoms with Crippen LogP contribution in [0.25, 0.3) is 0 Å².